The molecule has 1 aromatic heterocycles. The quantitative estimate of drug-likeness (QED) is 0.819. The first-order valence-corrected chi connectivity index (χ1v) is 5.61. The summed E-state index contributed by atoms with van der Waals surface area (Å²) in [6.45, 7) is 0. The van der Waals surface area contributed by atoms with E-state index in [9.17, 15) is 4.79 Å². The van der Waals surface area contributed by atoms with Gasteiger partial charge in [0.05, 0.1) is 0 Å². The molecule has 0 fully saturated rings. The van der Waals surface area contributed by atoms with E-state index in [4.69, 9.17) is 5.11 Å². The average Bonchev–Trinajstić information content (AvgIpc) is 2.63. The normalized spacial score (nSPS) is 11.4. The van der Waals surface area contributed by atoms with Gasteiger partial charge in [0.2, 0.25) is 0 Å². The third-order valence-corrected chi connectivity index (χ3v) is 2.82. The second-order valence-corrected chi connectivity index (χ2v) is 4.06. The zero-order valence-electron chi connectivity index (χ0n) is 9.76. The number of allylic oxidation sites excluding steroid dienone is 1. The Morgan fingerprint density at radius 2 is 2.18 bits per heavy atom. The van der Waals surface area contributed by atoms with Crippen LogP contribution in [0.15, 0.2) is 42.6 Å². The second-order valence-electron chi connectivity index (χ2n) is 4.06. The molecular weight excluding hydrogens is 214 g/mol. The molecule has 1 heterocycles. The number of aliphatic carboxylic acids is 1. The van der Waals surface area contributed by atoms with Gasteiger partial charge < -0.3 is 9.67 Å². The first kappa shape index (κ1) is 11.5. The molecule has 0 saturated carbocycles. The van der Waals surface area contributed by atoms with Gasteiger partial charge >= 0.3 is 5.97 Å². The first-order valence-electron chi connectivity index (χ1n) is 5.61. The van der Waals surface area contributed by atoms with E-state index in [0.29, 0.717) is 0 Å². The van der Waals surface area contributed by atoms with Gasteiger partial charge in [-0.05, 0) is 24.5 Å². The van der Waals surface area contributed by atoms with Crippen molar-refractivity contribution in [1.82, 2.24) is 4.57 Å². The highest BCUT2D eigenvalue weighted by atomic mass is 16.4. The molecule has 2 rings (SSSR count). The Kier molecular flexibility index (Phi) is 3.28. The fourth-order valence-corrected chi connectivity index (χ4v) is 2.05. The lowest BCUT2D eigenvalue weighted by Gasteiger charge is -1.95. The van der Waals surface area contributed by atoms with Crippen LogP contribution < -0.4 is 0 Å². The summed E-state index contributed by atoms with van der Waals surface area (Å²) in [5.41, 5.74) is 2.47. The molecule has 0 aliphatic heterocycles. The van der Waals surface area contributed by atoms with E-state index in [-0.39, 0.29) is 0 Å². The first-order chi connectivity index (χ1) is 8.18. The van der Waals surface area contributed by atoms with Crippen molar-refractivity contribution in [2.75, 3.05) is 0 Å². The number of hydrogen-bond acceptors (Lipinski definition) is 1. The Morgan fingerprint density at radius 1 is 1.41 bits per heavy atom. The van der Waals surface area contributed by atoms with Gasteiger partial charge in [0, 0.05) is 30.2 Å². The predicted molar refractivity (Wildman–Crippen MR) is 68.0 cm³/mol. The van der Waals surface area contributed by atoms with Crippen molar-refractivity contribution in [2.24, 2.45) is 7.05 Å². The maximum absolute atomic E-state index is 10.3. The van der Waals surface area contributed by atoms with Crippen LogP contribution >= 0.6 is 0 Å². The largest absolute Gasteiger partial charge is 0.478 e. The van der Waals surface area contributed by atoms with E-state index in [1.165, 1.54) is 22.5 Å². The molecule has 0 bridgehead atoms. The van der Waals surface area contributed by atoms with E-state index in [1.54, 1.807) is 6.08 Å². The van der Waals surface area contributed by atoms with E-state index < -0.39 is 5.97 Å². The van der Waals surface area contributed by atoms with Crippen LogP contribution in [-0.2, 0) is 18.3 Å². The lowest BCUT2D eigenvalue weighted by Crippen LogP contribution is -1.87. The van der Waals surface area contributed by atoms with Crippen LogP contribution in [0.4, 0.5) is 0 Å². The predicted octanol–water partition coefficient (Wildman–Crippen LogP) is 2.75. The fourth-order valence-electron chi connectivity index (χ4n) is 2.05. The molecule has 0 unspecified atom stereocenters. The maximum Gasteiger partial charge on any atom is 0.327 e. The van der Waals surface area contributed by atoms with E-state index in [1.807, 2.05) is 19.2 Å². The standard InChI is InChI=1S/C14H15NO2/c1-15-10-11(6-2-5-9-14(16)17)12-7-3-4-8-13(12)15/h3-5,7-10H,2,6H2,1H3,(H,16,17)/b9-5+. The van der Waals surface area contributed by atoms with Crippen LogP contribution in [0.5, 0.6) is 0 Å². The minimum absolute atomic E-state index is 0.750. The Balaban J connectivity index is 2.16. The molecular formula is C14H15NO2. The number of hydrogen-bond donors (Lipinski definition) is 1. The monoisotopic (exact) mass is 229 g/mol. The number of carbonyl (C=O) groups is 1. The molecule has 0 aliphatic carbocycles. The van der Waals surface area contributed by atoms with Crippen molar-refractivity contribution < 1.29 is 9.90 Å². The Labute approximate surface area is 100.0 Å². The summed E-state index contributed by atoms with van der Waals surface area (Å²) in [6, 6.07) is 8.24. The summed E-state index contributed by atoms with van der Waals surface area (Å²) in [6.07, 6.45) is 6.62. The van der Waals surface area contributed by atoms with Gasteiger partial charge in [-0.3, -0.25) is 0 Å². The number of para-hydroxylation sites is 1. The summed E-state index contributed by atoms with van der Waals surface area (Å²) in [5.74, 6) is -0.886. The van der Waals surface area contributed by atoms with Crippen molar-refractivity contribution in [3.63, 3.8) is 0 Å². The van der Waals surface area contributed by atoms with Crippen LogP contribution in [0.2, 0.25) is 0 Å². The molecule has 0 saturated heterocycles. The number of aromatic nitrogens is 1. The van der Waals surface area contributed by atoms with Crippen molar-refractivity contribution >= 4 is 16.9 Å². The van der Waals surface area contributed by atoms with Gasteiger partial charge in [-0.1, -0.05) is 24.3 Å². The van der Waals surface area contributed by atoms with Crippen LogP contribution in [0.25, 0.3) is 10.9 Å². The second kappa shape index (κ2) is 4.87. The lowest BCUT2D eigenvalue weighted by atomic mass is 10.1. The molecule has 1 aromatic carbocycles. The molecule has 0 amide bonds. The average molecular weight is 229 g/mol. The van der Waals surface area contributed by atoms with E-state index in [2.05, 4.69) is 22.9 Å². The maximum atomic E-state index is 10.3. The highest BCUT2D eigenvalue weighted by molar-refractivity contribution is 5.84. The van der Waals surface area contributed by atoms with Crippen molar-refractivity contribution in [1.29, 1.82) is 0 Å². The molecule has 0 radical (unpaired) electrons. The van der Waals surface area contributed by atoms with Crippen molar-refractivity contribution in [3.05, 3.63) is 48.2 Å². The van der Waals surface area contributed by atoms with Crippen LogP contribution in [0, 0.1) is 0 Å². The van der Waals surface area contributed by atoms with E-state index in [0.717, 1.165) is 12.8 Å². The molecule has 17 heavy (non-hydrogen) atoms. The Bertz CT molecular complexity index is 567. The number of carboxylic acids is 1. The van der Waals surface area contributed by atoms with Gasteiger partial charge in [-0.15, -0.1) is 0 Å². The van der Waals surface area contributed by atoms with Crippen LogP contribution in [0.3, 0.4) is 0 Å². The highest BCUT2D eigenvalue weighted by Gasteiger charge is 2.04. The summed E-state index contributed by atoms with van der Waals surface area (Å²) in [7, 11) is 2.03. The molecule has 0 aliphatic rings. The number of aryl methyl sites for hydroxylation is 2. The minimum atomic E-state index is -0.886. The highest BCUT2D eigenvalue weighted by Crippen LogP contribution is 2.21. The molecule has 0 atom stereocenters. The van der Waals surface area contributed by atoms with E-state index >= 15 is 0 Å². The summed E-state index contributed by atoms with van der Waals surface area (Å²) in [5, 5.41) is 9.74. The zero-order chi connectivity index (χ0) is 12.3. The van der Waals surface area contributed by atoms with Crippen molar-refractivity contribution in [3.8, 4) is 0 Å². The molecule has 0 spiro atoms. The van der Waals surface area contributed by atoms with Gasteiger partial charge in [0.15, 0.2) is 0 Å². The fraction of sp³-hybridized carbons (Fsp3) is 0.214. The van der Waals surface area contributed by atoms with Crippen LogP contribution in [0.1, 0.15) is 12.0 Å². The number of rotatable bonds is 4. The number of benzene rings is 1. The molecule has 1 N–H and O–H groups in total. The summed E-state index contributed by atoms with van der Waals surface area (Å²) < 4.78 is 2.10. The molecule has 88 valence electrons. The lowest BCUT2D eigenvalue weighted by molar-refractivity contribution is -0.131. The third kappa shape index (κ3) is 2.56. The summed E-state index contributed by atoms with van der Waals surface area (Å²) in [4.78, 5) is 10.3. The number of carboxylic acid groups (broad SMARTS) is 1. The molecule has 3 nitrogen and oxygen atoms in total. The Hall–Kier alpha value is -2.03. The minimum Gasteiger partial charge on any atom is -0.478 e. The molecule has 2 aromatic rings. The molecule has 3 heteroatoms. The SMILES string of the molecule is Cn1cc(CC/C=C/C(=O)O)c2ccccc21. The Morgan fingerprint density at radius 3 is 2.94 bits per heavy atom. The van der Waals surface area contributed by atoms with Gasteiger partial charge in [-0.2, -0.15) is 0 Å². The van der Waals surface area contributed by atoms with Gasteiger partial charge in [-0.25, -0.2) is 4.79 Å². The van der Waals surface area contributed by atoms with Gasteiger partial charge in [0.25, 0.3) is 0 Å². The van der Waals surface area contributed by atoms with Gasteiger partial charge in [0.1, 0.15) is 0 Å². The van der Waals surface area contributed by atoms with Crippen molar-refractivity contribution in [2.45, 2.75) is 12.8 Å². The number of fused-ring (bicyclic) bond motifs is 1. The van der Waals surface area contributed by atoms with Crippen LogP contribution in [-0.4, -0.2) is 15.6 Å². The summed E-state index contributed by atoms with van der Waals surface area (Å²) >= 11 is 0. The smallest absolute Gasteiger partial charge is 0.327 e. The zero-order valence-corrected chi connectivity index (χ0v) is 9.76. The third-order valence-electron chi connectivity index (χ3n) is 2.82. The topological polar surface area (TPSA) is 42.2 Å². The number of nitrogens with zero attached hydrogens (tertiary/aromatic N) is 1.